The van der Waals surface area contributed by atoms with Crippen LogP contribution in [0, 0.1) is 5.41 Å². The minimum atomic E-state index is 0.0874. The molecule has 0 radical (unpaired) electrons. The lowest BCUT2D eigenvalue weighted by atomic mass is 9.83. The molecule has 2 rings (SSSR count). The summed E-state index contributed by atoms with van der Waals surface area (Å²) in [6.45, 7) is 11.1. The Hall–Kier alpha value is -1.71. The fraction of sp³-hybridized carbons (Fsp3) is 0.588. The Kier molecular flexibility index (Phi) is 4.45. The molecule has 2 N–H and O–H groups in total. The van der Waals surface area contributed by atoms with Crippen LogP contribution in [-0.2, 0) is 6.54 Å². The highest BCUT2D eigenvalue weighted by Crippen LogP contribution is 2.30. The van der Waals surface area contributed by atoms with Gasteiger partial charge < -0.3 is 15.2 Å². The van der Waals surface area contributed by atoms with Crippen molar-refractivity contribution in [2.45, 2.75) is 47.1 Å². The van der Waals surface area contributed by atoms with Crippen molar-refractivity contribution in [3.63, 3.8) is 0 Å². The van der Waals surface area contributed by atoms with Crippen LogP contribution >= 0.6 is 0 Å². The van der Waals surface area contributed by atoms with Crippen molar-refractivity contribution in [1.82, 2.24) is 9.47 Å². The second-order valence-electron chi connectivity index (χ2n) is 6.83. The summed E-state index contributed by atoms with van der Waals surface area (Å²) in [6.07, 6.45) is 6.01. The third kappa shape index (κ3) is 3.49. The lowest BCUT2D eigenvalue weighted by Crippen LogP contribution is -2.37. The van der Waals surface area contributed by atoms with Crippen molar-refractivity contribution in [3.05, 3.63) is 29.6 Å². The van der Waals surface area contributed by atoms with E-state index >= 15 is 0 Å². The third-order valence-corrected chi connectivity index (χ3v) is 4.06. The van der Waals surface area contributed by atoms with Gasteiger partial charge in [-0.05, 0) is 24.3 Å². The molecule has 4 heteroatoms. The minimum absolute atomic E-state index is 0.0874. The lowest BCUT2D eigenvalue weighted by molar-refractivity contribution is 0.0754. The van der Waals surface area contributed by atoms with Crippen LogP contribution in [0.3, 0.4) is 0 Å². The smallest absolute Gasteiger partial charge is 0.270 e. The molecule has 0 fully saturated rings. The number of anilines is 1. The van der Waals surface area contributed by atoms with E-state index in [1.54, 1.807) is 6.07 Å². The van der Waals surface area contributed by atoms with E-state index in [2.05, 4.69) is 33.8 Å². The first-order chi connectivity index (χ1) is 9.82. The lowest BCUT2D eigenvalue weighted by Gasteiger charge is -2.32. The average molecular weight is 289 g/mol. The molecular weight excluding hydrogens is 262 g/mol. The van der Waals surface area contributed by atoms with Crippen molar-refractivity contribution in [3.8, 4) is 0 Å². The van der Waals surface area contributed by atoms with Crippen LogP contribution in [0.5, 0.6) is 0 Å². The molecule has 21 heavy (non-hydrogen) atoms. The van der Waals surface area contributed by atoms with Crippen molar-refractivity contribution >= 4 is 11.6 Å². The maximum absolute atomic E-state index is 12.7. The van der Waals surface area contributed by atoms with E-state index in [1.807, 2.05) is 15.7 Å². The molecule has 116 valence electrons. The number of hydrogen-bond acceptors (Lipinski definition) is 2. The van der Waals surface area contributed by atoms with Gasteiger partial charge in [-0.1, -0.05) is 39.3 Å². The van der Waals surface area contributed by atoms with E-state index in [0.717, 1.165) is 25.9 Å². The Morgan fingerprint density at radius 1 is 1.38 bits per heavy atom. The Morgan fingerprint density at radius 2 is 2.10 bits per heavy atom. The molecule has 1 aromatic heterocycles. The maximum atomic E-state index is 12.7. The zero-order valence-corrected chi connectivity index (χ0v) is 13.6. The number of aromatic nitrogens is 1. The molecule has 4 nitrogen and oxygen atoms in total. The van der Waals surface area contributed by atoms with E-state index < -0.39 is 0 Å². The number of aryl methyl sites for hydroxylation is 1. The van der Waals surface area contributed by atoms with E-state index in [-0.39, 0.29) is 11.3 Å². The summed E-state index contributed by atoms with van der Waals surface area (Å²) in [6, 6.07) is 1.79. The van der Waals surface area contributed by atoms with Gasteiger partial charge in [-0.3, -0.25) is 4.79 Å². The molecule has 0 saturated carbocycles. The second kappa shape index (κ2) is 5.96. The molecule has 0 aliphatic carbocycles. The molecular formula is C17H27N3O. The number of nitrogens with two attached hydrogens (primary N) is 1. The SMILES string of the molecule is CCCn1cc(N)cc1C(=O)N1CC=C(C(C)(C)C)CC1. The van der Waals surface area contributed by atoms with Crippen LogP contribution in [0.2, 0.25) is 0 Å². The van der Waals surface area contributed by atoms with Gasteiger partial charge in [-0.2, -0.15) is 0 Å². The highest BCUT2D eigenvalue weighted by Gasteiger charge is 2.25. The molecule has 1 aliphatic heterocycles. The molecule has 1 aliphatic rings. The molecule has 0 bridgehead atoms. The molecule has 2 heterocycles. The van der Waals surface area contributed by atoms with E-state index in [4.69, 9.17) is 5.73 Å². The summed E-state index contributed by atoms with van der Waals surface area (Å²) >= 11 is 0. The predicted molar refractivity (Wildman–Crippen MR) is 87.2 cm³/mol. The molecule has 0 spiro atoms. The summed E-state index contributed by atoms with van der Waals surface area (Å²) < 4.78 is 1.97. The average Bonchev–Trinajstić information content (AvgIpc) is 2.78. The van der Waals surface area contributed by atoms with Crippen molar-refractivity contribution in [1.29, 1.82) is 0 Å². The van der Waals surface area contributed by atoms with Gasteiger partial charge in [0.2, 0.25) is 0 Å². The largest absolute Gasteiger partial charge is 0.397 e. The van der Waals surface area contributed by atoms with Gasteiger partial charge in [-0.15, -0.1) is 0 Å². The monoisotopic (exact) mass is 289 g/mol. The predicted octanol–water partition coefficient (Wildman–Crippen LogP) is 3.30. The van der Waals surface area contributed by atoms with Crippen LogP contribution in [-0.4, -0.2) is 28.5 Å². The number of nitrogen functional groups attached to an aromatic ring is 1. The third-order valence-electron chi connectivity index (χ3n) is 4.06. The zero-order valence-electron chi connectivity index (χ0n) is 13.6. The second-order valence-corrected chi connectivity index (χ2v) is 6.83. The first-order valence-corrected chi connectivity index (χ1v) is 7.77. The number of amides is 1. The Bertz CT molecular complexity index is 549. The highest BCUT2D eigenvalue weighted by molar-refractivity contribution is 5.94. The van der Waals surface area contributed by atoms with Crippen LogP contribution < -0.4 is 5.73 Å². The topological polar surface area (TPSA) is 51.3 Å². The number of carbonyl (C=O) groups excluding carboxylic acids is 1. The molecule has 0 saturated heterocycles. The van der Waals surface area contributed by atoms with Gasteiger partial charge in [0.05, 0.1) is 5.69 Å². The van der Waals surface area contributed by atoms with E-state index in [0.29, 0.717) is 17.9 Å². The van der Waals surface area contributed by atoms with Gasteiger partial charge in [0.1, 0.15) is 5.69 Å². The number of hydrogen-bond donors (Lipinski definition) is 1. The standard InChI is InChI=1S/C17H27N3O/c1-5-8-20-12-14(18)11-15(20)16(21)19-9-6-13(7-10-19)17(2,3)4/h6,11-12H,5,7-10,18H2,1-4H3. The van der Waals surface area contributed by atoms with Gasteiger partial charge >= 0.3 is 0 Å². The summed E-state index contributed by atoms with van der Waals surface area (Å²) in [5, 5.41) is 0. The van der Waals surface area contributed by atoms with E-state index in [1.165, 1.54) is 5.57 Å². The quantitative estimate of drug-likeness (QED) is 0.868. The normalized spacial score (nSPS) is 16.0. The van der Waals surface area contributed by atoms with Gasteiger partial charge in [0.15, 0.2) is 0 Å². The fourth-order valence-corrected chi connectivity index (χ4v) is 2.83. The molecule has 1 aromatic rings. The van der Waals surface area contributed by atoms with Crippen LogP contribution in [0.4, 0.5) is 5.69 Å². The Balaban J connectivity index is 2.14. The first kappa shape index (κ1) is 15.7. The van der Waals surface area contributed by atoms with Crippen LogP contribution in [0.25, 0.3) is 0 Å². The first-order valence-electron chi connectivity index (χ1n) is 7.77. The number of rotatable bonds is 3. The van der Waals surface area contributed by atoms with Crippen LogP contribution in [0.1, 0.15) is 51.0 Å². The molecule has 0 unspecified atom stereocenters. The van der Waals surface area contributed by atoms with Crippen molar-refractivity contribution in [2.24, 2.45) is 5.41 Å². The number of nitrogens with zero attached hydrogens (tertiary/aromatic N) is 2. The summed E-state index contributed by atoms with van der Waals surface area (Å²) in [4.78, 5) is 14.6. The maximum Gasteiger partial charge on any atom is 0.270 e. The summed E-state index contributed by atoms with van der Waals surface area (Å²) in [7, 11) is 0. The van der Waals surface area contributed by atoms with Gasteiger partial charge in [0, 0.05) is 25.8 Å². The summed E-state index contributed by atoms with van der Waals surface area (Å²) in [5.74, 6) is 0.0874. The van der Waals surface area contributed by atoms with Gasteiger partial charge in [0.25, 0.3) is 5.91 Å². The molecule has 1 amide bonds. The van der Waals surface area contributed by atoms with Crippen LogP contribution in [0.15, 0.2) is 23.9 Å². The highest BCUT2D eigenvalue weighted by atomic mass is 16.2. The van der Waals surface area contributed by atoms with Gasteiger partial charge in [-0.25, -0.2) is 0 Å². The van der Waals surface area contributed by atoms with E-state index in [9.17, 15) is 4.79 Å². The number of carbonyl (C=O) groups is 1. The minimum Gasteiger partial charge on any atom is -0.397 e. The summed E-state index contributed by atoms with van der Waals surface area (Å²) in [5.41, 5.74) is 8.86. The molecule has 0 atom stereocenters. The Labute approximate surface area is 127 Å². The van der Waals surface area contributed by atoms with Crippen molar-refractivity contribution in [2.75, 3.05) is 18.8 Å². The molecule has 0 aromatic carbocycles. The Morgan fingerprint density at radius 3 is 2.62 bits per heavy atom. The zero-order chi connectivity index (χ0) is 15.6. The fourth-order valence-electron chi connectivity index (χ4n) is 2.83. The van der Waals surface area contributed by atoms with Crippen molar-refractivity contribution < 1.29 is 4.79 Å².